The lowest BCUT2D eigenvalue weighted by Gasteiger charge is -2.16. The smallest absolute Gasteiger partial charge is 0.127 e. The van der Waals surface area contributed by atoms with Gasteiger partial charge in [-0.3, -0.25) is 4.90 Å². The second-order valence-corrected chi connectivity index (χ2v) is 5.03. The van der Waals surface area contributed by atoms with Gasteiger partial charge >= 0.3 is 0 Å². The molecule has 0 spiro atoms. The molecule has 1 aliphatic heterocycles. The summed E-state index contributed by atoms with van der Waals surface area (Å²) in [6.45, 7) is 2.53. The summed E-state index contributed by atoms with van der Waals surface area (Å²) in [6, 6.07) is 5.07. The number of ether oxygens (including phenoxy) is 1. The van der Waals surface area contributed by atoms with Crippen molar-refractivity contribution < 1.29 is 9.13 Å². The number of hydrogen-bond donors (Lipinski definition) is 0. The lowest BCUT2D eigenvalue weighted by Crippen LogP contribution is -2.22. The number of rotatable bonds is 3. The minimum absolute atomic E-state index is 0.135. The third-order valence-electron chi connectivity index (χ3n) is 2.96. The lowest BCUT2D eigenvalue weighted by atomic mass is 10.2. The highest BCUT2D eigenvalue weighted by molar-refractivity contribution is 9.10. The molecule has 0 saturated carbocycles. The Kier molecular flexibility index (Phi) is 3.95. The Hall–Kier alpha value is -0.450. The van der Waals surface area contributed by atoms with Crippen molar-refractivity contribution in [2.75, 3.05) is 20.2 Å². The van der Waals surface area contributed by atoms with Gasteiger partial charge in [0.25, 0.3) is 0 Å². The van der Waals surface area contributed by atoms with Crippen LogP contribution in [0.15, 0.2) is 22.7 Å². The molecule has 2 rings (SSSR count). The number of likely N-dealkylation sites (tertiary alicyclic amines) is 1. The first kappa shape index (κ1) is 12.0. The SMILES string of the molecule is CO[C@@H]1CCN(Cc2cc(Br)ccc2F)C1. The van der Waals surface area contributed by atoms with Crippen LogP contribution in [-0.4, -0.2) is 31.2 Å². The molecule has 16 heavy (non-hydrogen) atoms. The standard InChI is InChI=1S/C12H15BrFNO/c1-16-11-4-5-15(8-11)7-9-6-10(13)2-3-12(9)14/h2-3,6,11H,4-5,7-8H2,1H3/t11-/m1/s1. The molecule has 0 radical (unpaired) electrons. The van der Waals surface area contributed by atoms with E-state index in [1.54, 1.807) is 13.2 Å². The number of methoxy groups -OCH3 is 1. The molecule has 0 amide bonds. The first-order valence-corrected chi connectivity index (χ1v) is 6.17. The van der Waals surface area contributed by atoms with Gasteiger partial charge in [0.15, 0.2) is 0 Å². The van der Waals surface area contributed by atoms with Gasteiger partial charge in [0, 0.05) is 36.8 Å². The third kappa shape index (κ3) is 2.81. The van der Waals surface area contributed by atoms with E-state index in [1.165, 1.54) is 6.07 Å². The number of hydrogen-bond acceptors (Lipinski definition) is 2. The van der Waals surface area contributed by atoms with Gasteiger partial charge in [0.05, 0.1) is 6.10 Å². The lowest BCUT2D eigenvalue weighted by molar-refractivity contribution is 0.107. The summed E-state index contributed by atoms with van der Waals surface area (Å²) in [5, 5.41) is 0. The number of nitrogens with zero attached hydrogens (tertiary/aromatic N) is 1. The maximum Gasteiger partial charge on any atom is 0.127 e. The molecule has 4 heteroatoms. The monoisotopic (exact) mass is 287 g/mol. The summed E-state index contributed by atoms with van der Waals surface area (Å²) in [7, 11) is 1.73. The van der Waals surface area contributed by atoms with Crippen molar-refractivity contribution in [2.45, 2.75) is 19.1 Å². The van der Waals surface area contributed by atoms with Crippen LogP contribution >= 0.6 is 15.9 Å². The highest BCUT2D eigenvalue weighted by atomic mass is 79.9. The minimum Gasteiger partial charge on any atom is -0.380 e. The molecule has 0 N–H and O–H groups in total. The van der Waals surface area contributed by atoms with Gasteiger partial charge in [-0.1, -0.05) is 15.9 Å². The highest BCUT2D eigenvalue weighted by Crippen LogP contribution is 2.20. The second kappa shape index (κ2) is 5.25. The Balaban J connectivity index is 2.01. The molecular weight excluding hydrogens is 273 g/mol. The van der Waals surface area contributed by atoms with Crippen molar-refractivity contribution in [3.05, 3.63) is 34.1 Å². The van der Waals surface area contributed by atoms with Gasteiger partial charge in [-0.05, 0) is 24.6 Å². The van der Waals surface area contributed by atoms with E-state index in [4.69, 9.17) is 4.74 Å². The Labute approximate surface area is 104 Å². The second-order valence-electron chi connectivity index (χ2n) is 4.12. The van der Waals surface area contributed by atoms with Crippen LogP contribution in [0.5, 0.6) is 0 Å². The van der Waals surface area contributed by atoms with Crippen LogP contribution in [0.1, 0.15) is 12.0 Å². The summed E-state index contributed by atoms with van der Waals surface area (Å²) in [4.78, 5) is 2.22. The third-order valence-corrected chi connectivity index (χ3v) is 3.46. The van der Waals surface area contributed by atoms with E-state index in [-0.39, 0.29) is 5.82 Å². The molecule has 1 aliphatic rings. The zero-order valence-corrected chi connectivity index (χ0v) is 10.8. The molecule has 1 aromatic rings. The maximum absolute atomic E-state index is 13.5. The average molecular weight is 288 g/mol. The van der Waals surface area contributed by atoms with Crippen molar-refractivity contribution >= 4 is 15.9 Å². The van der Waals surface area contributed by atoms with Crippen LogP contribution < -0.4 is 0 Å². The summed E-state index contributed by atoms with van der Waals surface area (Å²) < 4.78 is 19.7. The van der Waals surface area contributed by atoms with Crippen molar-refractivity contribution in [1.29, 1.82) is 0 Å². The van der Waals surface area contributed by atoms with Crippen molar-refractivity contribution in [2.24, 2.45) is 0 Å². The molecule has 1 fully saturated rings. The Morgan fingerprint density at radius 3 is 3.06 bits per heavy atom. The molecule has 88 valence electrons. The Morgan fingerprint density at radius 1 is 1.56 bits per heavy atom. The van der Waals surface area contributed by atoms with E-state index < -0.39 is 0 Å². The zero-order chi connectivity index (χ0) is 11.5. The molecular formula is C12H15BrFNO. The highest BCUT2D eigenvalue weighted by Gasteiger charge is 2.22. The minimum atomic E-state index is -0.135. The summed E-state index contributed by atoms with van der Waals surface area (Å²) >= 11 is 3.36. The Morgan fingerprint density at radius 2 is 2.38 bits per heavy atom. The topological polar surface area (TPSA) is 12.5 Å². The fourth-order valence-corrected chi connectivity index (χ4v) is 2.45. The predicted molar refractivity (Wildman–Crippen MR) is 64.8 cm³/mol. The number of benzene rings is 1. The Bertz CT molecular complexity index is 372. The van der Waals surface area contributed by atoms with Crippen LogP contribution in [0.25, 0.3) is 0 Å². The molecule has 1 atom stereocenters. The largest absolute Gasteiger partial charge is 0.380 e. The van der Waals surface area contributed by atoms with Crippen molar-refractivity contribution in [3.8, 4) is 0 Å². The first-order chi connectivity index (χ1) is 7.69. The van der Waals surface area contributed by atoms with Crippen LogP contribution in [0.4, 0.5) is 4.39 Å². The van der Waals surface area contributed by atoms with Crippen LogP contribution in [-0.2, 0) is 11.3 Å². The van der Waals surface area contributed by atoms with Crippen molar-refractivity contribution in [3.63, 3.8) is 0 Å². The van der Waals surface area contributed by atoms with E-state index in [2.05, 4.69) is 20.8 Å². The van der Waals surface area contributed by atoms with Gasteiger partial charge in [0.2, 0.25) is 0 Å². The van der Waals surface area contributed by atoms with Crippen LogP contribution in [0, 0.1) is 5.82 Å². The van der Waals surface area contributed by atoms with Gasteiger partial charge in [-0.25, -0.2) is 4.39 Å². The summed E-state index contributed by atoms with van der Waals surface area (Å²) in [5.74, 6) is -0.135. The van der Waals surface area contributed by atoms with Crippen LogP contribution in [0.2, 0.25) is 0 Å². The van der Waals surface area contributed by atoms with E-state index in [0.29, 0.717) is 12.6 Å². The molecule has 0 unspecified atom stereocenters. The summed E-state index contributed by atoms with van der Waals surface area (Å²) in [6.07, 6.45) is 1.33. The summed E-state index contributed by atoms with van der Waals surface area (Å²) in [5.41, 5.74) is 0.742. The normalized spacial score (nSPS) is 21.6. The van der Waals surface area contributed by atoms with E-state index in [9.17, 15) is 4.39 Å². The molecule has 0 bridgehead atoms. The van der Waals surface area contributed by atoms with Crippen molar-refractivity contribution in [1.82, 2.24) is 4.90 Å². The number of halogens is 2. The molecule has 2 nitrogen and oxygen atoms in total. The fourth-order valence-electron chi connectivity index (χ4n) is 2.04. The molecule has 0 aliphatic carbocycles. The molecule has 1 saturated heterocycles. The quantitative estimate of drug-likeness (QED) is 0.848. The van der Waals surface area contributed by atoms with E-state index in [1.807, 2.05) is 6.07 Å². The van der Waals surface area contributed by atoms with E-state index in [0.717, 1.165) is 29.5 Å². The van der Waals surface area contributed by atoms with E-state index >= 15 is 0 Å². The maximum atomic E-state index is 13.5. The fraction of sp³-hybridized carbons (Fsp3) is 0.500. The van der Waals surface area contributed by atoms with Crippen LogP contribution in [0.3, 0.4) is 0 Å². The average Bonchev–Trinajstić information content (AvgIpc) is 2.71. The molecule has 0 aromatic heterocycles. The van der Waals surface area contributed by atoms with Gasteiger partial charge in [0.1, 0.15) is 5.82 Å². The van der Waals surface area contributed by atoms with Gasteiger partial charge in [-0.15, -0.1) is 0 Å². The zero-order valence-electron chi connectivity index (χ0n) is 9.25. The molecule has 1 aromatic carbocycles. The van der Waals surface area contributed by atoms with Gasteiger partial charge < -0.3 is 4.74 Å². The molecule has 1 heterocycles. The van der Waals surface area contributed by atoms with Gasteiger partial charge in [-0.2, -0.15) is 0 Å². The predicted octanol–water partition coefficient (Wildman–Crippen LogP) is 2.81. The first-order valence-electron chi connectivity index (χ1n) is 5.38.